The molecule has 0 N–H and O–H groups in total. The first-order valence-corrected chi connectivity index (χ1v) is 8.09. The molecule has 20 heavy (non-hydrogen) atoms. The monoisotopic (exact) mass is 270 g/mol. The van der Waals surface area contributed by atoms with Crippen molar-refractivity contribution in [1.29, 1.82) is 0 Å². The summed E-state index contributed by atoms with van der Waals surface area (Å²) in [6.45, 7) is 6.70. The van der Waals surface area contributed by atoms with Gasteiger partial charge in [0.2, 0.25) is 0 Å². The van der Waals surface area contributed by atoms with Gasteiger partial charge in [0.15, 0.2) is 0 Å². The van der Waals surface area contributed by atoms with Crippen molar-refractivity contribution in [2.75, 3.05) is 0 Å². The van der Waals surface area contributed by atoms with Gasteiger partial charge in [-0.1, -0.05) is 32.8 Å². The molecule has 108 valence electrons. The van der Waals surface area contributed by atoms with E-state index in [1.807, 2.05) is 0 Å². The van der Waals surface area contributed by atoms with Crippen LogP contribution in [0.4, 0.5) is 0 Å². The van der Waals surface area contributed by atoms with Crippen molar-refractivity contribution < 1.29 is 4.79 Å². The van der Waals surface area contributed by atoms with Crippen molar-refractivity contribution in [2.45, 2.75) is 65.7 Å². The Bertz CT molecular complexity index is 518. The van der Waals surface area contributed by atoms with Crippen molar-refractivity contribution >= 4 is 5.78 Å². The van der Waals surface area contributed by atoms with Crippen molar-refractivity contribution in [3.63, 3.8) is 0 Å². The summed E-state index contributed by atoms with van der Waals surface area (Å²) < 4.78 is 0. The highest BCUT2D eigenvalue weighted by Gasteiger charge is 2.58. The van der Waals surface area contributed by atoms with E-state index in [0.29, 0.717) is 11.7 Å². The number of allylic oxidation sites excluding steroid dienone is 2. The third-order valence-electron chi connectivity index (χ3n) is 6.65. The van der Waals surface area contributed by atoms with Gasteiger partial charge in [-0.3, -0.25) is 4.79 Å². The van der Waals surface area contributed by atoms with E-state index in [1.54, 1.807) is 0 Å². The number of rotatable bonds is 0. The Morgan fingerprint density at radius 3 is 2.70 bits per heavy atom. The van der Waals surface area contributed by atoms with Crippen LogP contribution in [0.3, 0.4) is 0 Å². The molecule has 0 amide bonds. The summed E-state index contributed by atoms with van der Waals surface area (Å²) in [5.41, 5.74) is 1.46. The van der Waals surface area contributed by atoms with E-state index < -0.39 is 0 Å². The lowest BCUT2D eigenvalue weighted by molar-refractivity contribution is -0.141. The van der Waals surface area contributed by atoms with E-state index in [4.69, 9.17) is 6.42 Å². The fourth-order valence-electron chi connectivity index (χ4n) is 5.49. The Labute approximate surface area is 123 Å². The smallest absolute Gasteiger partial charge is 0.138 e. The molecule has 3 atom stereocenters. The normalized spacial score (nSPS) is 43.0. The van der Waals surface area contributed by atoms with Gasteiger partial charge in [-0.2, -0.15) is 0 Å². The van der Waals surface area contributed by atoms with Crippen LogP contribution in [0.1, 0.15) is 65.7 Å². The maximum Gasteiger partial charge on any atom is 0.138 e. The lowest BCUT2D eigenvalue weighted by Gasteiger charge is -2.59. The molecule has 2 saturated carbocycles. The summed E-state index contributed by atoms with van der Waals surface area (Å²) in [7, 11) is 0. The fourth-order valence-corrected chi connectivity index (χ4v) is 5.49. The lowest BCUT2D eigenvalue weighted by atomic mass is 9.44. The predicted octanol–water partition coefficient (Wildman–Crippen LogP) is 4.52. The molecule has 0 spiro atoms. The van der Waals surface area contributed by atoms with Crippen LogP contribution < -0.4 is 0 Å². The molecule has 0 aromatic rings. The second-order valence-electron chi connectivity index (χ2n) is 7.89. The Morgan fingerprint density at radius 1 is 1.25 bits per heavy atom. The first-order chi connectivity index (χ1) is 9.37. The van der Waals surface area contributed by atoms with Gasteiger partial charge in [0, 0.05) is 11.8 Å². The minimum atomic E-state index is -0.188. The SMILES string of the molecule is C#CC12CCCC=C1C1(C)CCC(=O)C(C)(C)C1CC2. The van der Waals surface area contributed by atoms with Gasteiger partial charge in [-0.25, -0.2) is 0 Å². The molecule has 0 bridgehead atoms. The van der Waals surface area contributed by atoms with Crippen LogP contribution in [0, 0.1) is 34.5 Å². The Kier molecular flexibility index (Phi) is 2.95. The first kappa shape index (κ1) is 13.9. The number of carbonyl (C=O) groups is 1. The Hall–Kier alpha value is -1.03. The summed E-state index contributed by atoms with van der Waals surface area (Å²) in [5.74, 6) is 4.07. The molecule has 1 heteroatoms. The minimum absolute atomic E-state index is 0.0000321. The minimum Gasteiger partial charge on any atom is -0.299 e. The summed E-state index contributed by atoms with van der Waals surface area (Å²) in [6.07, 6.45) is 15.8. The lowest BCUT2D eigenvalue weighted by Crippen LogP contribution is -2.54. The van der Waals surface area contributed by atoms with E-state index in [-0.39, 0.29) is 16.2 Å². The second-order valence-corrected chi connectivity index (χ2v) is 7.89. The Balaban J connectivity index is 2.10. The van der Waals surface area contributed by atoms with Crippen LogP contribution in [-0.2, 0) is 4.79 Å². The molecular formula is C19H26O. The van der Waals surface area contributed by atoms with E-state index >= 15 is 0 Å². The zero-order valence-electron chi connectivity index (χ0n) is 13.1. The molecule has 3 rings (SSSR count). The molecule has 0 aromatic heterocycles. The largest absolute Gasteiger partial charge is 0.299 e. The van der Waals surface area contributed by atoms with Crippen LogP contribution >= 0.6 is 0 Å². The standard InChI is InChI=1S/C19H26O/c1-5-19-11-7-6-8-15(19)18(4)12-10-16(20)17(2,3)14(18)9-13-19/h1,8,14H,6-7,9-13H2,2-4H3. The van der Waals surface area contributed by atoms with E-state index in [0.717, 1.165) is 38.5 Å². The number of fused-ring (bicyclic) bond motifs is 3. The van der Waals surface area contributed by atoms with Gasteiger partial charge in [0.25, 0.3) is 0 Å². The Morgan fingerprint density at radius 2 is 2.00 bits per heavy atom. The maximum atomic E-state index is 12.4. The van der Waals surface area contributed by atoms with Crippen molar-refractivity contribution in [1.82, 2.24) is 0 Å². The fraction of sp³-hybridized carbons (Fsp3) is 0.737. The summed E-state index contributed by atoms with van der Waals surface area (Å²) in [6, 6.07) is 0. The van der Waals surface area contributed by atoms with Crippen LogP contribution in [0.25, 0.3) is 0 Å². The van der Waals surface area contributed by atoms with Gasteiger partial charge >= 0.3 is 0 Å². The van der Waals surface area contributed by atoms with E-state index in [1.165, 1.54) is 12.0 Å². The molecular weight excluding hydrogens is 244 g/mol. The highest BCUT2D eigenvalue weighted by molar-refractivity contribution is 5.85. The zero-order valence-corrected chi connectivity index (χ0v) is 13.1. The van der Waals surface area contributed by atoms with E-state index in [9.17, 15) is 4.79 Å². The molecule has 1 nitrogen and oxygen atoms in total. The molecule has 3 aliphatic rings. The van der Waals surface area contributed by atoms with Gasteiger partial charge in [-0.05, 0) is 55.4 Å². The number of hydrogen-bond donors (Lipinski definition) is 0. The average molecular weight is 270 g/mol. The number of carbonyl (C=O) groups excluding carboxylic acids is 1. The van der Waals surface area contributed by atoms with Gasteiger partial charge in [0.05, 0.1) is 5.41 Å². The highest BCUT2D eigenvalue weighted by Crippen LogP contribution is 2.65. The highest BCUT2D eigenvalue weighted by atomic mass is 16.1. The molecule has 3 aliphatic carbocycles. The number of terminal acetylenes is 1. The molecule has 0 saturated heterocycles. The predicted molar refractivity (Wildman–Crippen MR) is 82.1 cm³/mol. The summed E-state index contributed by atoms with van der Waals surface area (Å²) >= 11 is 0. The molecule has 0 aliphatic heterocycles. The maximum absolute atomic E-state index is 12.4. The molecule has 0 radical (unpaired) electrons. The third kappa shape index (κ3) is 1.60. The molecule has 0 aromatic carbocycles. The van der Waals surface area contributed by atoms with Crippen LogP contribution in [-0.4, -0.2) is 5.78 Å². The number of ketones is 1. The van der Waals surface area contributed by atoms with E-state index in [2.05, 4.69) is 32.8 Å². The van der Waals surface area contributed by atoms with Gasteiger partial charge in [-0.15, -0.1) is 6.42 Å². The van der Waals surface area contributed by atoms with Crippen molar-refractivity contribution in [3.05, 3.63) is 11.6 Å². The molecule has 2 fully saturated rings. The number of Topliss-reactive ketones (excluding diaryl/α,β-unsaturated/α-hetero) is 1. The topological polar surface area (TPSA) is 17.1 Å². The second kappa shape index (κ2) is 4.23. The van der Waals surface area contributed by atoms with Gasteiger partial charge < -0.3 is 0 Å². The van der Waals surface area contributed by atoms with Gasteiger partial charge in [0.1, 0.15) is 5.78 Å². The number of hydrogen-bond acceptors (Lipinski definition) is 1. The van der Waals surface area contributed by atoms with Crippen LogP contribution in [0.5, 0.6) is 0 Å². The average Bonchev–Trinajstić information content (AvgIpc) is 2.43. The quantitative estimate of drug-likeness (QED) is 0.467. The zero-order chi connectivity index (χ0) is 14.6. The summed E-state index contributed by atoms with van der Waals surface area (Å²) in [4.78, 5) is 12.4. The molecule has 0 heterocycles. The molecule has 3 unspecified atom stereocenters. The summed E-state index contributed by atoms with van der Waals surface area (Å²) in [5, 5.41) is 0. The van der Waals surface area contributed by atoms with Crippen molar-refractivity contribution in [2.24, 2.45) is 22.2 Å². The first-order valence-electron chi connectivity index (χ1n) is 8.09. The van der Waals surface area contributed by atoms with Crippen LogP contribution in [0.2, 0.25) is 0 Å². The third-order valence-corrected chi connectivity index (χ3v) is 6.65. The van der Waals surface area contributed by atoms with Crippen molar-refractivity contribution in [3.8, 4) is 12.3 Å². The van der Waals surface area contributed by atoms with Crippen LogP contribution in [0.15, 0.2) is 11.6 Å².